The highest BCUT2D eigenvalue weighted by atomic mass is 31.2. The maximum Gasteiger partial charge on any atom is 0.306 e. The third-order valence-electron chi connectivity index (χ3n) is 14.2. The van der Waals surface area contributed by atoms with Gasteiger partial charge in [-0.15, -0.1) is 0 Å². The van der Waals surface area contributed by atoms with Crippen molar-refractivity contribution >= 4 is 19.7 Å². The third kappa shape index (κ3) is 61.1. The minimum absolute atomic E-state index is 0.0369. The van der Waals surface area contributed by atoms with Gasteiger partial charge in [-0.1, -0.05) is 259 Å². The second kappa shape index (κ2) is 59.8. The number of phosphoric acid groups is 1. The number of esters is 1. The topological polar surface area (TPSA) is 114 Å². The summed E-state index contributed by atoms with van der Waals surface area (Å²) in [5, 5.41) is 3.02. The molecule has 0 saturated carbocycles. The number of hydrogen-bond acceptors (Lipinski definition) is 7. The summed E-state index contributed by atoms with van der Waals surface area (Å²) in [5.41, 5.74) is 0. The molecule has 3 atom stereocenters. The second-order valence-corrected chi connectivity index (χ2v) is 24.7. The van der Waals surface area contributed by atoms with Crippen molar-refractivity contribution in [1.82, 2.24) is 5.32 Å². The molecule has 3 unspecified atom stereocenters. The Labute approximate surface area is 500 Å². The van der Waals surface area contributed by atoms with Crippen molar-refractivity contribution in [3.8, 4) is 0 Å². The van der Waals surface area contributed by atoms with E-state index >= 15 is 0 Å². The van der Waals surface area contributed by atoms with Crippen LogP contribution in [0.2, 0.25) is 0 Å². The molecule has 0 aromatic carbocycles. The van der Waals surface area contributed by atoms with Crippen LogP contribution in [0.1, 0.15) is 278 Å². The van der Waals surface area contributed by atoms with Crippen LogP contribution < -0.4 is 10.2 Å². The number of hydrogen-bond donors (Lipinski definition) is 1. The van der Waals surface area contributed by atoms with Gasteiger partial charge in [-0.05, 0) is 115 Å². The molecule has 0 radical (unpaired) electrons. The van der Waals surface area contributed by atoms with Crippen LogP contribution in [0.4, 0.5) is 0 Å². The maximum absolute atomic E-state index is 13.6. The molecule has 81 heavy (non-hydrogen) atoms. The molecule has 0 heterocycles. The Bertz CT molecular complexity index is 1750. The summed E-state index contributed by atoms with van der Waals surface area (Å²) in [7, 11) is 1.14. The van der Waals surface area contributed by atoms with E-state index in [1.807, 2.05) is 33.3 Å². The number of allylic oxidation sites excluding steroid dienone is 17. The summed E-state index contributed by atoms with van der Waals surface area (Å²) < 4.78 is 30.3. The molecular formula is C71H125N2O7P. The number of likely N-dealkylation sites (N-methyl/N-ethyl adjacent to an activating group) is 1. The number of rotatable bonds is 59. The number of nitrogens with zero attached hydrogens (tertiary/aromatic N) is 1. The van der Waals surface area contributed by atoms with E-state index in [0.29, 0.717) is 23.9 Å². The van der Waals surface area contributed by atoms with Crippen LogP contribution >= 0.6 is 7.82 Å². The van der Waals surface area contributed by atoms with Gasteiger partial charge in [0.05, 0.1) is 33.8 Å². The van der Waals surface area contributed by atoms with Gasteiger partial charge in [-0.25, -0.2) is 0 Å². The lowest BCUT2D eigenvalue weighted by molar-refractivity contribution is -0.870. The first-order valence-electron chi connectivity index (χ1n) is 33.2. The molecule has 466 valence electrons. The maximum atomic E-state index is 13.6. The molecule has 0 spiro atoms. The molecule has 0 rings (SSSR count). The molecule has 0 aliphatic heterocycles. The van der Waals surface area contributed by atoms with Crippen molar-refractivity contribution in [2.75, 3.05) is 40.9 Å². The first kappa shape index (κ1) is 77.7. The van der Waals surface area contributed by atoms with Gasteiger partial charge in [-0.2, -0.15) is 0 Å². The first-order valence-corrected chi connectivity index (χ1v) is 34.7. The second-order valence-electron chi connectivity index (χ2n) is 23.3. The number of ether oxygens (including phenoxy) is 1. The molecule has 1 amide bonds. The molecule has 0 aromatic heterocycles. The smallest absolute Gasteiger partial charge is 0.306 e. The van der Waals surface area contributed by atoms with Crippen molar-refractivity contribution in [3.05, 3.63) is 109 Å². The van der Waals surface area contributed by atoms with Gasteiger partial charge < -0.3 is 28.5 Å². The number of carbonyl (C=O) groups is 2. The van der Waals surface area contributed by atoms with E-state index in [1.165, 1.54) is 141 Å². The van der Waals surface area contributed by atoms with Gasteiger partial charge in [0.15, 0.2) is 0 Å². The zero-order chi connectivity index (χ0) is 59.3. The normalized spacial score (nSPS) is 14.3. The largest absolute Gasteiger partial charge is 0.756 e. The number of amides is 1. The summed E-state index contributed by atoms with van der Waals surface area (Å²) in [6.07, 6.45) is 82.0. The van der Waals surface area contributed by atoms with Crippen LogP contribution in [0.5, 0.6) is 0 Å². The molecule has 10 heteroatoms. The number of phosphoric ester groups is 1. The van der Waals surface area contributed by atoms with Gasteiger partial charge in [0, 0.05) is 12.8 Å². The summed E-state index contributed by atoms with van der Waals surface area (Å²) in [6.45, 7) is 6.75. The Kier molecular flexibility index (Phi) is 57.4. The van der Waals surface area contributed by atoms with Crippen molar-refractivity contribution in [3.63, 3.8) is 0 Å². The molecule has 0 aromatic rings. The highest BCUT2D eigenvalue weighted by Gasteiger charge is 2.27. The molecule has 0 fully saturated rings. The Balaban J connectivity index is 5.26. The predicted octanol–water partition coefficient (Wildman–Crippen LogP) is 20.3. The molecule has 0 saturated heterocycles. The zero-order valence-corrected chi connectivity index (χ0v) is 54.1. The van der Waals surface area contributed by atoms with E-state index in [9.17, 15) is 19.0 Å². The lowest BCUT2D eigenvalue weighted by Crippen LogP contribution is -2.47. The zero-order valence-electron chi connectivity index (χ0n) is 53.2. The van der Waals surface area contributed by atoms with Gasteiger partial charge in [0.2, 0.25) is 5.91 Å². The Hall–Kier alpha value is -3.33. The number of nitrogens with one attached hydrogen (secondary N) is 1. The molecule has 0 bridgehead atoms. The van der Waals surface area contributed by atoms with Gasteiger partial charge in [-0.3, -0.25) is 14.2 Å². The quantitative estimate of drug-likeness (QED) is 0.0212. The SMILES string of the molecule is CCCCC/C=C\C/C=C\C/C=C\C/C=C\CCCCCCCCCCCC(=O)NC(COP(=O)([O-])OCC[N+](C)(C)C)C(/C=C\CCCCCCCCCCCCC)OC(=O)CCC/C=C\C/C=C\C/C=C\C/C=C\CCCCC. The van der Waals surface area contributed by atoms with Gasteiger partial charge >= 0.3 is 5.97 Å². The van der Waals surface area contributed by atoms with Crippen molar-refractivity contribution in [2.24, 2.45) is 0 Å². The standard InChI is InChI=1S/C71H125N2O7P/c1-7-10-13-16-19-22-25-28-30-32-33-34-35-36-37-38-39-41-42-45-48-51-54-57-60-63-70(74)72-68(67-79-81(76,77)78-66-65-73(4,5)6)69(62-59-56-53-50-47-44-27-24-21-18-15-12-9-3)80-71(75)64-61-58-55-52-49-46-43-40-31-29-26-23-20-17-14-11-8-2/h19-20,22-23,28-31,33-34,36-37,43,46,52,55,59,62,68-69H,7-18,21,24-27,32,35,38-42,44-45,47-51,53-54,56-58,60-61,63-67H2,1-6H3,(H-,72,74,76,77)/b22-19-,23-20-,30-28-,31-29-,34-33-,37-36-,46-43-,55-52-,62-59-. The molecule has 1 N–H and O–H groups in total. The lowest BCUT2D eigenvalue weighted by Gasteiger charge is -2.30. The Morgan fingerprint density at radius 1 is 0.432 bits per heavy atom. The summed E-state index contributed by atoms with van der Waals surface area (Å²) in [4.78, 5) is 40.1. The van der Waals surface area contributed by atoms with Gasteiger partial charge in [0.1, 0.15) is 19.3 Å². The molecule has 0 aliphatic carbocycles. The number of unbranched alkanes of at least 4 members (excludes halogenated alkanes) is 27. The highest BCUT2D eigenvalue weighted by Crippen LogP contribution is 2.38. The van der Waals surface area contributed by atoms with Crippen molar-refractivity contribution < 1.29 is 37.3 Å². The van der Waals surface area contributed by atoms with Crippen LogP contribution in [0.3, 0.4) is 0 Å². The van der Waals surface area contributed by atoms with Crippen LogP contribution in [0, 0.1) is 0 Å². The van der Waals surface area contributed by atoms with E-state index in [1.54, 1.807) is 0 Å². The molecule has 9 nitrogen and oxygen atoms in total. The first-order chi connectivity index (χ1) is 39.4. The third-order valence-corrected chi connectivity index (χ3v) is 15.1. The molecule has 0 aliphatic rings. The summed E-state index contributed by atoms with van der Waals surface area (Å²) in [6, 6.07) is -0.921. The van der Waals surface area contributed by atoms with E-state index in [4.69, 9.17) is 13.8 Å². The van der Waals surface area contributed by atoms with Crippen LogP contribution in [-0.4, -0.2) is 69.4 Å². The number of carbonyl (C=O) groups excluding carboxylic acids is 2. The lowest BCUT2D eigenvalue weighted by atomic mass is 10.0. The van der Waals surface area contributed by atoms with E-state index in [-0.39, 0.29) is 18.9 Å². The minimum Gasteiger partial charge on any atom is -0.756 e. The predicted molar refractivity (Wildman–Crippen MR) is 348 cm³/mol. The van der Waals surface area contributed by atoms with Crippen molar-refractivity contribution in [1.29, 1.82) is 0 Å². The summed E-state index contributed by atoms with van der Waals surface area (Å²) >= 11 is 0. The van der Waals surface area contributed by atoms with Gasteiger partial charge in [0.25, 0.3) is 7.82 Å². The van der Waals surface area contributed by atoms with Crippen LogP contribution in [-0.2, 0) is 27.9 Å². The Morgan fingerprint density at radius 2 is 0.765 bits per heavy atom. The van der Waals surface area contributed by atoms with E-state index in [0.717, 1.165) is 96.3 Å². The fraction of sp³-hybridized carbons (Fsp3) is 0.718. The minimum atomic E-state index is -4.72. The molecular weight excluding hydrogens is 1020 g/mol. The fourth-order valence-corrected chi connectivity index (χ4v) is 9.75. The summed E-state index contributed by atoms with van der Waals surface area (Å²) in [5.74, 6) is -0.615. The monoisotopic (exact) mass is 1150 g/mol. The Morgan fingerprint density at radius 3 is 1.17 bits per heavy atom. The average Bonchev–Trinajstić information content (AvgIpc) is 3.44. The fourth-order valence-electron chi connectivity index (χ4n) is 9.03. The number of quaternary nitrogens is 1. The van der Waals surface area contributed by atoms with Crippen LogP contribution in [0.25, 0.3) is 0 Å². The van der Waals surface area contributed by atoms with E-state index < -0.39 is 32.5 Å². The van der Waals surface area contributed by atoms with Crippen LogP contribution in [0.15, 0.2) is 109 Å². The van der Waals surface area contributed by atoms with E-state index in [2.05, 4.69) is 123 Å². The van der Waals surface area contributed by atoms with Crippen molar-refractivity contribution in [2.45, 2.75) is 290 Å². The highest BCUT2D eigenvalue weighted by molar-refractivity contribution is 7.45. The average molecular weight is 1150 g/mol.